The van der Waals surface area contributed by atoms with Crippen LogP contribution in [0.1, 0.15) is 49.2 Å². The van der Waals surface area contributed by atoms with Gasteiger partial charge < -0.3 is 4.74 Å². The van der Waals surface area contributed by atoms with Gasteiger partial charge in [0.15, 0.2) is 0 Å². The third-order valence-electron chi connectivity index (χ3n) is 3.94. The van der Waals surface area contributed by atoms with Crippen molar-refractivity contribution >= 4 is 5.97 Å². The highest BCUT2D eigenvalue weighted by molar-refractivity contribution is 5.92. The molecule has 0 radical (unpaired) electrons. The highest BCUT2D eigenvalue weighted by Gasteiger charge is 2.15. The first-order valence-electron chi connectivity index (χ1n) is 7.77. The lowest BCUT2D eigenvalue weighted by molar-refractivity contribution is 0.0690. The van der Waals surface area contributed by atoms with Crippen molar-refractivity contribution in [2.75, 3.05) is 0 Å². The molecule has 2 aromatic rings. The summed E-state index contributed by atoms with van der Waals surface area (Å²) in [6.07, 6.45) is 7.71. The number of terminal acetylenes is 1. The van der Waals surface area contributed by atoms with E-state index in [4.69, 9.17) is 6.42 Å². The van der Waals surface area contributed by atoms with Crippen LogP contribution in [-0.2, 0) is 16.6 Å². The number of ether oxygens (including phenoxy) is 1. The van der Waals surface area contributed by atoms with E-state index in [-0.39, 0.29) is 5.41 Å². The van der Waals surface area contributed by atoms with Gasteiger partial charge in [0.2, 0.25) is 0 Å². The second-order valence-electron chi connectivity index (χ2n) is 6.56. The molecule has 0 fully saturated rings. The van der Waals surface area contributed by atoms with Crippen molar-refractivity contribution in [3.8, 4) is 23.7 Å². The number of carbonyl (C=O) groups excluding carboxylic acids is 1. The molecule has 0 unspecified atom stereocenters. The number of carbonyl (C=O) groups is 1. The van der Waals surface area contributed by atoms with E-state index < -0.39 is 5.97 Å². The van der Waals surface area contributed by atoms with Gasteiger partial charge in [0.05, 0.1) is 5.56 Å². The molecule has 0 aliphatic heterocycles. The van der Waals surface area contributed by atoms with Gasteiger partial charge in [-0.2, -0.15) is 0 Å². The Bertz CT molecular complexity index is 741. The molecule has 0 aliphatic carbocycles. The second kappa shape index (κ2) is 6.71. The molecule has 0 amide bonds. The predicted molar refractivity (Wildman–Crippen MR) is 94.2 cm³/mol. The summed E-state index contributed by atoms with van der Waals surface area (Å²) in [7, 11) is 0. The Kier molecular flexibility index (Phi) is 4.91. The van der Waals surface area contributed by atoms with Crippen molar-refractivity contribution in [2.24, 2.45) is 0 Å². The fraction of sp³-hybridized carbons (Fsp3) is 0.286. The minimum Gasteiger partial charge on any atom is -0.369 e. The van der Waals surface area contributed by atoms with E-state index in [1.807, 2.05) is 25.2 Å². The minimum atomic E-state index is -0.473. The van der Waals surface area contributed by atoms with Crippen molar-refractivity contribution in [1.29, 1.82) is 0 Å². The molecule has 2 aromatic carbocycles. The van der Waals surface area contributed by atoms with Gasteiger partial charge in [-0.25, -0.2) is 4.79 Å². The summed E-state index contributed by atoms with van der Waals surface area (Å²) in [5, 5.41) is 0. The lowest BCUT2D eigenvalue weighted by Crippen LogP contribution is -2.10. The molecule has 0 heterocycles. The van der Waals surface area contributed by atoms with Gasteiger partial charge in [-0.3, -0.25) is 0 Å². The number of esters is 1. The Hall–Kier alpha value is -2.53. The molecule has 0 atom stereocenters. The van der Waals surface area contributed by atoms with Gasteiger partial charge in [-0.1, -0.05) is 70.5 Å². The van der Waals surface area contributed by atoms with Crippen LogP contribution in [0.15, 0.2) is 42.5 Å². The molecule has 2 nitrogen and oxygen atoms in total. The molecule has 23 heavy (non-hydrogen) atoms. The van der Waals surface area contributed by atoms with Crippen molar-refractivity contribution in [2.45, 2.75) is 39.5 Å². The molecule has 0 aromatic heterocycles. The van der Waals surface area contributed by atoms with E-state index in [0.29, 0.717) is 5.56 Å². The zero-order valence-corrected chi connectivity index (χ0v) is 14.1. The summed E-state index contributed by atoms with van der Waals surface area (Å²) in [4.78, 5) is 11.9. The molecule has 2 rings (SSSR count). The molecule has 118 valence electrons. The molecule has 0 spiro atoms. The largest absolute Gasteiger partial charge is 0.369 e. The normalized spacial score (nSPS) is 10.9. The second-order valence-corrected chi connectivity index (χ2v) is 6.56. The molecular formula is C21H22O2. The SMILES string of the molecule is C#COC(=O)c1ccc(-c2ccc(C(C)(C)C)cc2)cc1CC. The zero-order chi connectivity index (χ0) is 17.0. The monoisotopic (exact) mass is 306 g/mol. The van der Waals surface area contributed by atoms with Crippen molar-refractivity contribution in [1.82, 2.24) is 0 Å². The summed E-state index contributed by atoms with van der Waals surface area (Å²) in [6.45, 7) is 8.60. The quantitative estimate of drug-likeness (QED) is 0.591. The topological polar surface area (TPSA) is 26.3 Å². The van der Waals surface area contributed by atoms with Gasteiger partial charge in [0, 0.05) is 0 Å². The third-order valence-corrected chi connectivity index (χ3v) is 3.94. The molecule has 0 saturated heterocycles. The van der Waals surface area contributed by atoms with E-state index >= 15 is 0 Å². The molecule has 0 bridgehead atoms. The van der Waals surface area contributed by atoms with Crippen molar-refractivity contribution < 1.29 is 9.53 Å². The highest BCUT2D eigenvalue weighted by atomic mass is 16.5. The number of hydrogen-bond acceptors (Lipinski definition) is 2. The lowest BCUT2D eigenvalue weighted by Gasteiger charge is -2.19. The smallest absolute Gasteiger partial charge is 0.352 e. The predicted octanol–water partition coefficient (Wildman–Crippen LogP) is 4.96. The molecular weight excluding hydrogens is 284 g/mol. The van der Waals surface area contributed by atoms with Crippen molar-refractivity contribution in [3.05, 3.63) is 59.2 Å². The number of rotatable bonds is 3. The van der Waals surface area contributed by atoms with E-state index in [1.165, 1.54) is 5.56 Å². The van der Waals surface area contributed by atoms with E-state index in [1.54, 1.807) is 6.07 Å². The Morgan fingerprint density at radius 3 is 2.22 bits per heavy atom. The van der Waals surface area contributed by atoms with Crippen LogP contribution in [-0.4, -0.2) is 5.97 Å². The minimum absolute atomic E-state index is 0.135. The van der Waals surface area contributed by atoms with Crippen molar-refractivity contribution in [3.63, 3.8) is 0 Å². The maximum absolute atomic E-state index is 11.9. The van der Waals surface area contributed by atoms with Crippen LogP contribution in [0.3, 0.4) is 0 Å². The number of benzene rings is 2. The van der Waals surface area contributed by atoms with Gasteiger partial charge in [-0.05, 0) is 40.2 Å². The van der Waals surface area contributed by atoms with E-state index in [9.17, 15) is 4.79 Å². The molecule has 0 N–H and O–H groups in total. The van der Waals surface area contributed by atoms with Gasteiger partial charge >= 0.3 is 5.97 Å². The average molecular weight is 306 g/mol. The number of aryl methyl sites for hydroxylation is 1. The van der Waals surface area contributed by atoms with E-state index in [0.717, 1.165) is 23.1 Å². The first kappa shape index (κ1) is 16.8. The summed E-state index contributed by atoms with van der Waals surface area (Å²) in [5.74, 6) is -0.473. The third kappa shape index (κ3) is 3.81. The van der Waals surface area contributed by atoms with Crippen LogP contribution in [0.2, 0.25) is 0 Å². The van der Waals surface area contributed by atoms with Gasteiger partial charge in [-0.15, -0.1) is 0 Å². The van der Waals surface area contributed by atoms with Crippen LogP contribution in [0.4, 0.5) is 0 Å². The summed E-state index contributed by atoms with van der Waals surface area (Å²) >= 11 is 0. The Labute approximate surface area is 138 Å². The standard InChI is InChI=1S/C21H22O2/c1-6-15-14-17(10-13-19(15)20(22)23-7-2)16-8-11-18(12-9-16)21(3,4)5/h2,8-14H,6H2,1,3-5H3. The Balaban J connectivity index is 2.38. The van der Waals surface area contributed by atoms with Crippen LogP contribution in [0.25, 0.3) is 11.1 Å². The fourth-order valence-electron chi connectivity index (χ4n) is 2.54. The molecule has 0 aliphatic rings. The highest BCUT2D eigenvalue weighted by Crippen LogP contribution is 2.27. The molecule has 0 saturated carbocycles. The van der Waals surface area contributed by atoms with Crippen LogP contribution in [0, 0.1) is 12.5 Å². The van der Waals surface area contributed by atoms with Crippen LogP contribution < -0.4 is 0 Å². The summed E-state index contributed by atoms with van der Waals surface area (Å²) in [5.41, 5.74) is 5.11. The van der Waals surface area contributed by atoms with Crippen LogP contribution >= 0.6 is 0 Å². The lowest BCUT2D eigenvalue weighted by atomic mass is 9.86. The first-order chi connectivity index (χ1) is 10.9. The number of hydrogen-bond donors (Lipinski definition) is 0. The maximum Gasteiger partial charge on any atom is 0.352 e. The summed E-state index contributed by atoms with van der Waals surface area (Å²) < 4.78 is 4.66. The summed E-state index contributed by atoms with van der Waals surface area (Å²) in [6, 6.07) is 14.3. The van der Waals surface area contributed by atoms with E-state index in [2.05, 4.69) is 49.8 Å². The average Bonchev–Trinajstić information content (AvgIpc) is 2.53. The Morgan fingerprint density at radius 2 is 1.70 bits per heavy atom. The van der Waals surface area contributed by atoms with Crippen LogP contribution in [0.5, 0.6) is 0 Å². The van der Waals surface area contributed by atoms with Gasteiger partial charge in [0.25, 0.3) is 0 Å². The zero-order valence-electron chi connectivity index (χ0n) is 14.1. The maximum atomic E-state index is 11.9. The fourth-order valence-corrected chi connectivity index (χ4v) is 2.54. The Morgan fingerprint density at radius 1 is 1.09 bits per heavy atom. The molecule has 2 heteroatoms. The first-order valence-corrected chi connectivity index (χ1v) is 7.77. The van der Waals surface area contributed by atoms with Gasteiger partial charge in [0.1, 0.15) is 6.11 Å².